The second kappa shape index (κ2) is 6.22. The molecule has 4 rings (SSSR count). The van der Waals surface area contributed by atoms with Crippen molar-refractivity contribution < 1.29 is 5.11 Å². The Bertz CT molecular complexity index is 838. The maximum Gasteiger partial charge on any atom is 0.115 e. The summed E-state index contributed by atoms with van der Waals surface area (Å²) in [6.07, 6.45) is 0.880. The highest BCUT2D eigenvalue weighted by Crippen LogP contribution is 2.45. The van der Waals surface area contributed by atoms with Gasteiger partial charge in [-0.2, -0.15) is 0 Å². The highest BCUT2D eigenvalue weighted by atomic mass is 32.2. The van der Waals surface area contributed by atoms with E-state index in [4.69, 9.17) is 4.99 Å². The molecule has 0 unspecified atom stereocenters. The van der Waals surface area contributed by atoms with Gasteiger partial charge in [0.1, 0.15) is 5.75 Å². The summed E-state index contributed by atoms with van der Waals surface area (Å²) in [6, 6.07) is 20.0. The third-order valence-electron chi connectivity index (χ3n) is 3.84. The topological polar surface area (TPSA) is 32.6 Å². The highest BCUT2D eigenvalue weighted by molar-refractivity contribution is 7.99. The van der Waals surface area contributed by atoms with Gasteiger partial charge >= 0.3 is 0 Å². The molecular weight excluding hydrogens is 322 g/mol. The quantitative estimate of drug-likeness (QED) is 0.640. The lowest BCUT2D eigenvalue weighted by molar-refractivity contribution is 0.475. The van der Waals surface area contributed by atoms with Crippen LogP contribution < -0.4 is 0 Å². The normalized spacial score (nSPS) is 17.2. The Hall–Kier alpha value is -2.04. The van der Waals surface area contributed by atoms with Crippen LogP contribution >= 0.6 is 23.1 Å². The van der Waals surface area contributed by atoms with Crippen LogP contribution in [0.2, 0.25) is 0 Å². The number of aromatic hydroxyl groups is 1. The third-order valence-corrected chi connectivity index (χ3v) is 6.08. The van der Waals surface area contributed by atoms with E-state index in [9.17, 15) is 5.11 Å². The van der Waals surface area contributed by atoms with Gasteiger partial charge in [0.05, 0.1) is 11.4 Å². The SMILES string of the molecule is Oc1ccc([C@H]2CC(c3cccs3)=Nc3ccccc3S2)cc1. The Kier molecular flexibility index (Phi) is 3.93. The zero-order valence-electron chi connectivity index (χ0n) is 12.3. The number of phenols is 1. The summed E-state index contributed by atoms with van der Waals surface area (Å²) in [5.74, 6) is 0.305. The van der Waals surface area contributed by atoms with Gasteiger partial charge in [0.2, 0.25) is 0 Å². The molecule has 0 spiro atoms. The predicted octanol–water partition coefficient (Wildman–Crippen LogP) is 5.81. The first-order valence-electron chi connectivity index (χ1n) is 7.46. The van der Waals surface area contributed by atoms with Crippen molar-refractivity contribution in [2.45, 2.75) is 16.6 Å². The summed E-state index contributed by atoms with van der Waals surface area (Å²) >= 11 is 3.58. The maximum absolute atomic E-state index is 9.54. The first kappa shape index (κ1) is 14.5. The van der Waals surface area contributed by atoms with Gasteiger partial charge in [-0.15, -0.1) is 23.1 Å². The molecule has 0 aliphatic carbocycles. The summed E-state index contributed by atoms with van der Waals surface area (Å²) in [4.78, 5) is 7.37. The van der Waals surface area contributed by atoms with E-state index in [2.05, 4.69) is 35.7 Å². The van der Waals surface area contributed by atoms with Crippen molar-refractivity contribution in [1.82, 2.24) is 0 Å². The van der Waals surface area contributed by atoms with E-state index in [-0.39, 0.29) is 0 Å². The molecule has 0 amide bonds. The van der Waals surface area contributed by atoms with E-state index in [1.807, 2.05) is 30.0 Å². The molecule has 114 valence electrons. The van der Waals surface area contributed by atoms with Crippen LogP contribution in [0.15, 0.2) is 75.9 Å². The minimum absolute atomic E-state index is 0.292. The van der Waals surface area contributed by atoms with E-state index in [1.54, 1.807) is 23.5 Å². The van der Waals surface area contributed by atoms with Gasteiger partial charge < -0.3 is 5.11 Å². The van der Waals surface area contributed by atoms with Crippen molar-refractivity contribution >= 4 is 34.5 Å². The molecule has 23 heavy (non-hydrogen) atoms. The molecule has 2 aromatic carbocycles. The number of hydrogen-bond acceptors (Lipinski definition) is 4. The Labute approximate surface area is 143 Å². The van der Waals surface area contributed by atoms with E-state index < -0.39 is 0 Å². The van der Waals surface area contributed by atoms with E-state index in [0.29, 0.717) is 11.0 Å². The minimum Gasteiger partial charge on any atom is -0.508 e. The number of para-hydroxylation sites is 1. The number of aliphatic imine (C=N–C) groups is 1. The molecule has 0 saturated heterocycles. The minimum atomic E-state index is 0.292. The molecule has 0 bridgehead atoms. The number of phenolic OH excluding ortho intramolecular Hbond substituents is 1. The predicted molar refractivity (Wildman–Crippen MR) is 98.3 cm³/mol. The van der Waals surface area contributed by atoms with E-state index >= 15 is 0 Å². The number of fused-ring (bicyclic) bond motifs is 1. The summed E-state index contributed by atoms with van der Waals surface area (Å²) in [6.45, 7) is 0. The number of benzene rings is 2. The monoisotopic (exact) mass is 337 g/mol. The molecular formula is C19H15NOS2. The standard InChI is InChI=1S/C19H15NOS2/c21-14-9-7-13(8-10-14)19-12-16(17-6-3-11-22-17)20-15-4-1-2-5-18(15)23-19/h1-11,19,21H,12H2/t19-/m1/s1. The van der Waals surface area contributed by atoms with Gasteiger partial charge in [0.15, 0.2) is 0 Å². The largest absolute Gasteiger partial charge is 0.508 e. The highest BCUT2D eigenvalue weighted by Gasteiger charge is 2.22. The Morgan fingerprint density at radius 1 is 0.957 bits per heavy atom. The first-order valence-corrected chi connectivity index (χ1v) is 9.21. The van der Waals surface area contributed by atoms with E-state index in [1.165, 1.54) is 15.3 Å². The Morgan fingerprint density at radius 2 is 1.78 bits per heavy atom. The number of hydrogen-bond donors (Lipinski definition) is 1. The van der Waals surface area contributed by atoms with Crippen molar-refractivity contribution in [3.63, 3.8) is 0 Å². The zero-order chi connectivity index (χ0) is 15.6. The molecule has 2 nitrogen and oxygen atoms in total. The fraction of sp³-hybridized carbons (Fsp3) is 0.105. The summed E-state index contributed by atoms with van der Waals surface area (Å²) in [5, 5.41) is 11.9. The second-order valence-electron chi connectivity index (χ2n) is 5.41. The number of thiophene rings is 1. The fourth-order valence-electron chi connectivity index (χ4n) is 2.68. The van der Waals surface area contributed by atoms with Crippen LogP contribution in [0, 0.1) is 0 Å². The summed E-state index contributed by atoms with van der Waals surface area (Å²) in [5.41, 5.74) is 3.39. The average molecular weight is 337 g/mol. The molecule has 1 atom stereocenters. The van der Waals surface area contributed by atoms with Gasteiger partial charge in [0.25, 0.3) is 0 Å². The average Bonchev–Trinajstić information content (AvgIpc) is 3.03. The van der Waals surface area contributed by atoms with Crippen LogP contribution in [0.4, 0.5) is 5.69 Å². The van der Waals surface area contributed by atoms with Crippen LogP contribution in [0.5, 0.6) is 5.75 Å². The fourth-order valence-corrected chi connectivity index (χ4v) is 4.64. The molecule has 1 aliphatic heterocycles. The molecule has 3 aromatic rings. The lowest BCUT2D eigenvalue weighted by atomic mass is 10.1. The third kappa shape index (κ3) is 3.05. The van der Waals surface area contributed by atoms with Crippen molar-refractivity contribution in [3.8, 4) is 5.75 Å². The molecule has 1 N–H and O–H groups in total. The molecule has 0 radical (unpaired) electrons. The van der Waals surface area contributed by atoms with Crippen molar-refractivity contribution in [2.24, 2.45) is 4.99 Å². The molecule has 4 heteroatoms. The van der Waals surface area contributed by atoms with Gasteiger partial charge in [-0.25, -0.2) is 0 Å². The molecule has 2 heterocycles. The van der Waals surface area contributed by atoms with Crippen LogP contribution in [-0.2, 0) is 0 Å². The number of nitrogens with zero attached hydrogens (tertiary/aromatic N) is 1. The van der Waals surface area contributed by atoms with Crippen LogP contribution in [-0.4, -0.2) is 10.8 Å². The van der Waals surface area contributed by atoms with Gasteiger partial charge in [-0.05, 0) is 41.3 Å². The van der Waals surface area contributed by atoms with Crippen LogP contribution in [0.1, 0.15) is 22.1 Å². The van der Waals surface area contributed by atoms with E-state index in [0.717, 1.165) is 17.8 Å². The van der Waals surface area contributed by atoms with Crippen molar-refractivity contribution in [3.05, 3.63) is 76.5 Å². The Balaban J connectivity index is 1.78. The van der Waals surface area contributed by atoms with Crippen molar-refractivity contribution in [1.29, 1.82) is 0 Å². The second-order valence-corrected chi connectivity index (χ2v) is 7.60. The van der Waals surface area contributed by atoms with Crippen LogP contribution in [0.25, 0.3) is 0 Å². The number of thioether (sulfide) groups is 1. The van der Waals surface area contributed by atoms with Crippen molar-refractivity contribution in [2.75, 3.05) is 0 Å². The van der Waals surface area contributed by atoms with Gasteiger partial charge in [-0.1, -0.05) is 30.3 Å². The lowest BCUT2D eigenvalue weighted by Crippen LogP contribution is -2.03. The first-order chi connectivity index (χ1) is 11.3. The Morgan fingerprint density at radius 3 is 2.57 bits per heavy atom. The smallest absolute Gasteiger partial charge is 0.115 e. The maximum atomic E-state index is 9.54. The molecule has 1 aliphatic rings. The molecule has 0 saturated carbocycles. The number of rotatable bonds is 2. The molecule has 1 aromatic heterocycles. The lowest BCUT2D eigenvalue weighted by Gasteiger charge is -2.15. The van der Waals surface area contributed by atoms with Gasteiger partial charge in [-0.3, -0.25) is 4.99 Å². The summed E-state index contributed by atoms with van der Waals surface area (Å²) < 4.78 is 0. The summed E-state index contributed by atoms with van der Waals surface area (Å²) in [7, 11) is 0. The zero-order valence-corrected chi connectivity index (χ0v) is 14.0. The molecule has 0 fully saturated rings. The van der Waals surface area contributed by atoms with Crippen LogP contribution in [0.3, 0.4) is 0 Å². The van der Waals surface area contributed by atoms with Gasteiger partial charge in [0, 0.05) is 21.4 Å².